The summed E-state index contributed by atoms with van der Waals surface area (Å²) in [5.41, 5.74) is 9.20. The Morgan fingerprint density at radius 1 is 0.754 bits per heavy atom. The Bertz CT molecular complexity index is 3000. The van der Waals surface area contributed by atoms with Crippen molar-refractivity contribution in [3.63, 3.8) is 0 Å². The number of ether oxygens (including phenoxy) is 2. The summed E-state index contributed by atoms with van der Waals surface area (Å²) >= 11 is 0. The number of benzene rings is 3. The number of aromatic amines is 2. The summed E-state index contributed by atoms with van der Waals surface area (Å²) in [5.74, 6) is 3.77. The fraction of sp³-hybridized carbons (Fsp3) is 0.264. The van der Waals surface area contributed by atoms with E-state index in [9.17, 15) is 9.90 Å². The first-order valence-corrected chi connectivity index (χ1v) is 23.4. The molecule has 2 saturated heterocycles. The third-order valence-electron chi connectivity index (χ3n) is 13.4. The van der Waals surface area contributed by atoms with Crippen LogP contribution in [0.15, 0.2) is 140 Å². The fourth-order valence-electron chi connectivity index (χ4n) is 10.1. The number of nitrogens with zero attached hydrogens (tertiary/aromatic N) is 8. The van der Waals surface area contributed by atoms with Gasteiger partial charge in [0.1, 0.15) is 48.6 Å². The van der Waals surface area contributed by atoms with Gasteiger partial charge in [-0.15, -0.1) is 0 Å². The summed E-state index contributed by atoms with van der Waals surface area (Å²) in [7, 11) is 0. The molecule has 16 nitrogen and oxygen atoms in total. The predicted molar refractivity (Wildman–Crippen MR) is 261 cm³/mol. The Balaban J connectivity index is 0.817. The molecule has 4 aliphatic rings. The van der Waals surface area contributed by atoms with Crippen LogP contribution in [0, 0.1) is 0 Å². The molecule has 4 aliphatic heterocycles. The number of aliphatic hydroxyl groups is 1. The second-order valence-electron chi connectivity index (χ2n) is 17.7. The Labute approximate surface area is 399 Å². The summed E-state index contributed by atoms with van der Waals surface area (Å²) in [6, 6.07) is 20.2. The van der Waals surface area contributed by atoms with E-state index in [4.69, 9.17) is 19.4 Å². The number of imidazole rings is 2. The SMILES string of the molecule is C=C(/C=C\C=C/C)[C@@H](Nc1ncccn1)C(=O)N1CCC[C@H]1c1ncc(-c2cc3c4c(c2)OCc2cc(-c5cnc([C@@H]6CCCN6C(O)[C@H](Nc6ncccn6)c6ccccc6)[nH]5)cc(c2-4)OC3)[nH]1. The van der Waals surface area contributed by atoms with Gasteiger partial charge in [0, 0.05) is 71.3 Å². The molecule has 5 atom stereocenters. The Morgan fingerprint density at radius 2 is 1.33 bits per heavy atom. The number of carbonyl (C=O) groups is 1. The van der Waals surface area contributed by atoms with Crippen LogP contribution < -0.4 is 20.1 Å². The van der Waals surface area contributed by atoms with Crippen molar-refractivity contribution in [1.82, 2.24) is 49.7 Å². The third-order valence-corrected chi connectivity index (χ3v) is 13.4. The highest BCUT2D eigenvalue weighted by Gasteiger charge is 2.39. The zero-order chi connectivity index (χ0) is 46.8. The molecule has 5 N–H and O–H groups in total. The molecule has 3 aromatic carbocycles. The molecular weight excluding hydrogens is 869 g/mol. The lowest BCUT2D eigenvalue weighted by Gasteiger charge is -2.34. The highest BCUT2D eigenvalue weighted by molar-refractivity contribution is 5.90. The van der Waals surface area contributed by atoms with Gasteiger partial charge in [0.2, 0.25) is 17.8 Å². The van der Waals surface area contributed by atoms with Gasteiger partial charge in [-0.3, -0.25) is 9.69 Å². The number of hydrogen-bond acceptors (Lipinski definition) is 13. The molecule has 1 amide bonds. The average Bonchev–Trinajstić information content (AvgIpc) is 4.25. The third kappa shape index (κ3) is 8.64. The molecule has 0 bridgehead atoms. The smallest absolute Gasteiger partial charge is 0.250 e. The minimum Gasteiger partial charge on any atom is -0.488 e. The minimum atomic E-state index is -0.880. The fourth-order valence-corrected chi connectivity index (χ4v) is 10.1. The largest absolute Gasteiger partial charge is 0.488 e. The van der Waals surface area contributed by atoms with Gasteiger partial charge in [-0.05, 0) is 80.1 Å². The van der Waals surface area contributed by atoms with Crippen LogP contribution in [-0.2, 0) is 18.0 Å². The van der Waals surface area contributed by atoms with Crippen LogP contribution in [0.4, 0.5) is 11.9 Å². The quantitative estimate of drug-likeness (QED) is 0.0614. The topological polar surface area (TPSA) is 195 Å². The van der Waals surface area contributed by atoms with Gasteiger partial charge in [0.15, 0.2) is 0 Å². The van der Waals surface area contributed by atoms with Gasteiger partial charge < -0.3 is 40.1 Å². The number of nitrogens with one attached hydrogen (secondary N) is 4. The molecule has 4 aromatic heterocycles. The average molecular weight is 921 g/mol. The van der Waals surface area contributed by atoms with Crippen molar-refractivity contribution >= 4 is 17.8 Å². The Kier molecular flexibility index (Phi) is 12.0. The highest BCUT2D eigenvalue weighted by Crippen LogP contribution is 2.51. The molecule has 69 heavy (non-hydrogen) atoms. The van der Waals surface area contributed by atoms with E-state index < -0.39 is 18.3 Å². The molecule has 348 valence electrons. The van der Waals surface area contributed by atoms with E-state index in [0.717, 1.165) is 99.2 Å². The molecule has 1 unspecified atom stereocenters. The van der Waals surface area contributed by atoms with Crippen LogP contribution in [-0.4, -0.2) is 86.0 Å². The second-order valence-corrected chi connectivity index (χ2v) is 17.7. The van der Waals surface area contributed by atoms with Crippen molar-refractivity contribution in [2.45, 2.75) is 76.2 Å². The first kappa shape index (κ1) is 43.6. The van der Waals surface area contributed by atoms with Crippen LogP contribution >= 0.6 is 0 Å². The van der Waals surface area contributed by atoms with Gasteiger partial charge in [-0.2, -0.15) is 0 Å². The molecule has 0 radical (unpaired) electrons. The molecule has 0 saturated carbocycles. The number of amides is 1. The number of carbonyl (C=O) groups excluding carboxylic acids is 1. The lowest BCUT2D eigenvalue weighted by Crippen LogP contribution is -2.43. The van der Waals surface area contributed by atoms with E-state index in [0.29, 0.717) is 43.8 Å². The monoisotopic (exact) mass is 920 g/mol. The molecule has 11 rings (SSSR count). The van der Waals surface area contributed by atoms with E-state index >= 15 is 0 Å². The maximum absolute atomic E-state index is 14.3. The van der Waals surface area contributed by atoms with Crippen molar-refractivity contribution in [3.05, 3.63) is 169 Å². The van der Waals surface area contributed by atoms with Crippen LogP contribution in [0.1, 0.15) is 79.1 Å². The number of likely N-dealkylation sites (tertiary alicyclic amines) is 2. The Morgan fingerprint density at radius 3 is 1.96 bits per heavy atom. The molecule has 8 heterocycles. The number of anilines is 2. The summed E-state index contributed by atoms with van der Waals surface area (Å²) < 4.78 is 13.1. The van der Waals surface area contributed by atoms with E-state index in [1.165, 1.54) is 0 Å². The number of hydrogen-bond donors (Lipinski definition) is 5. The van der Waals surface area contributed by atoms with Crippen LogP contribution in [0.2, 0.25) is 0 Å². The van der Waals surface area contributed by atoms with Gasteiger partial charge >= 0.3 is 0 Å². The second kappa shape index (κ2) is 19.0. The van der Waals surface area contributed by atoms with Crippen molar-refractivity contribution in [2.75, 3.05) is 23.7 Å². The van der Waals surface area contributed by atoms with Gasteiger partial charge in [-0.1, -0.05) is 61.2 Å². The molecule has 2 fully saturated rings. The highest BCUT2D eigenvalue weighted by atomic mass is 16.5. The molecular formula is C53H52N12O4. The van der Waals surface area contributed by atoms with Gasteiger partial charge in [0.25, 0.3) is 0 Å². The zero-order valence-corrected chi connectivity index (χ0v) is 38.1. The summed E-state index contributed by atoms with van der Waals surface area (Å²) in [4.78, 5) is 52.6. The van der Waals surface area contributed by atoms with Gasteiger partial charge in [0.05, 0.1) is 41.9 Å². The van der Waals surface area contributed by atoms with Crippen molar-refractivity contribution in [1.29, 1.82) is 0 Å². The van der Waals surface area contributed by atoms with E-state index in [2.05, 4.69) is 76.3 Å². The lowest BCUT2D eigenvalue weighted by molar-refractivity contribution is -0.132. The summed E-state index contributed by atoms with van der Waals surface area (Å²) in [5, 5.41) is 18.6. The molecule has 0 spiro atoms. The molecule has 0 aliphatic carbocycles. The molecule has 16 heteroatoms. The lowest BCUT2D eigenvalue weighted by atomic mass is 9.87. The van der Waals surface area contributed by atoms with Crippen molar-refractivity contribution < 1.29 is 19.4 Å². The number of rotatable bonds is 15. The maximum atomic E-state index is 14.3. The van der Waals surface area contributed by atoms with E-state index in [1.807, 2.05) is 78.9 Å². The summed E-state index contributed by atoms with van der Waals surface area (Å²) in [6.45, 7) is 8.19. The van der Waals surface area contributed by atoms with Crippen molar-refractivity contribution in [3.8, 4) is 45.1 Å². The zero-order valence-electron chi connectivity index (χ0n) is 38.1. The standard InChI is InChI=1S/C53H52N12O4/c1-3-4-6-13-32(2)46(62-52-54-18-11-19-55-52)50(66)64-22-9-16-40(64)48-58-28-38(60-48)34-24-36-30-69-43-27-35(25-37-31-68-42(26-34)44(36)45(37)43)39-29-59-49(61-39)41-17-10-23-65(41)51(67)47(33-14-7-5-8-15-33)63-53-56-20-12-21-57-53/h3-8,11-15,18-21,24-29,40-41,46-47,51,67H,2,9-10,16-17,22-23,30-31H2,1H3,(H,58,60)(H,59,61)(H,54,55,62)(H,56,57,63)/b4-3-,13-6-/t40-,41-,46+,47+,51?/m0/s1. The van der Waals surface area contributed by atoms with Crippen LogP contribution in [0.25, 0.3) is 33.6 Å². The maximum Gasteiger partial charge on any atom is 0.250 e. The summed E-state index contributed by atoms with van der Waals surface area (Å²) in [6.07, 6.45) is 20.3. The number of aliphatic hydroxyl groups excluding tert-OH is 1. The minimum absolute atomic E-state index is 0.121. The number of aromatic nitrogens is 8. The van der Waals surface area contributed by atoms with Crippen molar-refractivity contribution in [2.24, 2.45) is 0 Å². The Hall–Kier alpha value is -7.95. The van der Waals surface area contributed by atoms with E-state index in [-0.39, 0.29) is 18.0 Å². The van der Waals surface area contributed by atoms with Crippen LogP contribution in [0.5, 0.6) is 11.5 Å². The number of H-pyrrole nitrogens is 2. The van der Waals surface area contributed by atoms with E-state index in [1.54, 1.807) is 36.9 Å². The van der Waals surface area contributed by atoms with Gasteiger partial charge in [-0.25, -0.2) is 29.9 Å². The molecule has 7 aromatic rings. The van der Waals surface area contributed by atoms with Crippen LogP contribution in [0.3, 0.4) is 0 Å². The first-order valence-electron chi connectivity index (χ1n) is 23.4. The predicted octanol–water partition coefficient (Wildman–Crippen LogP) is 8.64. The number of allylic oxidation sites excluding steroid dienone is 3. The normalized spacial score (nSPS) is 18.7. The first-order chi connectivity index (χ1) is 33.9.